The molecule has 0 fully saturated rings. The zero-order chi connectivity index (χ0) is 18.5. The largest absolute Gasteiger partial charge is 0.491 e. The number of thiazole rings is 1. The standard InChI is InChI=1S/C18H19N3O4S/c1-20(11-18-19-16-7-2-3-8-17(16)26-18)10-14(22)12-25-15-6-4-5-13(9-15)21(23)24/h2-9,14,22H,10-12H2,1H3. The Morgan fingerprint density at radius 2 is 2.12 bits per heavy atom. The average Bonchev–Trinajstić information content (AvgIpc) is 3.02. The first-order valence-corrected chi connectivity index (χ1v) is 8.91. The van der Waals surface area contributed by atoms with E-state index in [1.54, 1.807) is 23.5 Å². The highest BCUT2D eigenvalue weighted by Gasteiger charge is 2.13. The van der Waals surface area contributed by atoms with Crippen LogP contribution in [0.5, 0.6) is 5.75 Å². The number of aromatic nitrogens is 1. The number of hydrogen-bond donors (Lipinski definition) is 1. The van der Waals surface area contributed by atoms with Crippen LogP contribution < -0.4 is 4.74 Å². The maximum Gasteiger partial charge on any atom is 0.273 e. The van der Waals surface area contributed by atoms with Crippen molar-refractivity contribution in [3.05, 3.63) is 63.7 Å². The number of para-hydroxylation sites is 1. The number of aliphatic hydroxyl groups is 1. The van der Waals surface area contributed by atoms with Crippen LogP contribution in [0, 0.1) is 10.1 Å². The second kappa shape index (κ2) is 8.22. The molecule has 26 heavy (non-hydrogen) atoms. The lowest BCUT2D eigenvalue weighted by Crippen LogP contribution is -2.32. The summed E-state index contributed by atoms with van der Waals surface area (Å²) in [6.07, 6.45) is -0.714. The number of rotatable bonds is 8. The molecule has 7 nitrogen and oxygen atoms in total. The van der Waals surface area contributed by atoms with Crippen molar-refractivity contribution in [1.82, 2.24) is 9.88 Å². The number of nitro benzene ring substituents is 1. The molecule has 3 rings (SSSR count). The Hall–Kier alpha value is -2.55. The van der Waals surface area contributed by atoms with Crippen LogP contribution in [0.1, 0.15) is 5.01 Å². The average molecular weight is 373 g/mol. The van der Waals surface area contributed by atoms with Crippen LogP contribution in [0.3, 0.4) is 0 Å². The first-order valence-electron chi connectivity index (χ1n) is 8.09. The molecule has 2 aromatic carbocycles. The molecule has 1 N–H and O–H groups in total. The molecule has 8 heteroatoms. The number of fused-ring (bicyclic) bond motifs is 1. The molecule has 0 bridgehead atoms. The molecular weight excluding hydrogens is 354 g/mol. The molecule has 1 heterocycles. The van der Waals surface area contributed by atoms with Crippen molar-refractivity contribution >= 4 is 27.2 Å². The van der Waals surface area contributed by atoms with Crippen molar-refractivity contribution in [3.63, 3.8) is 0 Å². The number of nitrogens with zero attached hydrogens (tertiary/aromatic N) is 3. The summed E-state index contributed by atoms with van der Waals surface area (Å²) in [7, 11) is 1.91. The van der Waals surface area contributed by atoms with Gasteiger partial charge in [0.1, 0.15) is 23.5 Å². The number of non-ortho nitro benzene ring substituents is 1. The van der Waals surface area contributed by atoms with Gasteiger partial charge < -0.3 is 9.84 Å². The number of benzene rings is 2. The summed E-state index contributed by atoms with van der Waals surface area (Å²) < 4.78 is 6.61. The Kier molecular flexibility index (Phi) is 5.77. The van der Waals surface area contributed by atoms with E-state index >= 15 is 0 Å². The monoisotopic (exact) mass is 373 g/mol. The fourth-order valence-electron chi connectivity index (χ4n) is 2.57. The Balaban J connectivity index is 1.50. The molecule has 0 amide bonds. The zero-order valence-electron chi connectivity index (χ0n) is 14.2. The minimum atomic E-state index is -0.714. The molecular formula is C18H19N3O4S. The quantitative estimate of drug-likeness (QED) is 0.482. The van der Waals surface area contributed by atoms with E-state index in [9.17, 15) is 15.2 Å². The molecule has 1 unspecified atom stereocenters. The van der Waals surface area contributed by atoms with E-state index in [0.29, 0.717) is 18.8 Å². The molecule has 136 valence electrons. The van der Waals surface area contributed by atoms with E-state index in [4.69, 9.17) is 4.74 Å². The van der Waals surface area contributed by atoms with Crippen molar-refractivity contribution in [2.45, 2.75) is 12.6 Å². The zero-order valence-corrected chi connectivity index (χ0v) is 15.1. The predicted octanol–water partition coefficient (Wildman–Crippen LogP) is 3.08. The lowest BCUT2D eigenvalue weighted by molar-refractivity contribution is -0.384. The van der Waals surface area contributed by atoms with Crippen LogP contribution in [0.15, 0.2) is 48.5 Å². The van der Waals surface area contributed by atoms with E-state index < -0.39 is 11.0 Å². The van der Waals surface area contributed by atoms with Crippen LogP contribution in [0.2, 0.25) is 0 Å². The Bertz CT molecular complexity index is 866. The number of aliphatic hydroxyl groups excluding tert-OH is 1. The van der Waals surface area contributed by atoms with Gasteiger partial charge in [-0.2, -0.15) is 0 Å². The number of ether oxygens (including phenoxy) is 1. The van der Waals surface area contributed by atoms with Crippen molar-refractivity contribution in [3.8, 4) is 5.75 Å². The maximum absolute atomic E-state index is 10.8. The molecule has 1 atom stereocenters. The fourth-order valence-corrected chi connectivity index (χ4v) is 3.62. The van der Waals surface area contributed by atoms with E-state index in [1.165, 1.54) is 12.1 Å². The number of hydrogen-bond acceptors (Lipinski definition) is 7. The predicted molar refractivity (Wildman–Crippen MR) is 101 cm³/mol. The van der Waals surface area contributed by atoms with Gasteiger partial charge in [-0.15, -0.1) is 11.3 Å². The molecule has 0 aliphatic rings. The van der Waals surface area contributed by atoms with Crippen LogP contribution in [0.4, 0.5) is 5.69 Å². The molecule has 0 saturated carbocycles. The van der Waals surface area contributed by atoms with Gasteiger partial charge in [0.15, 0.2) is 0 Å². The fraction of sp³-hybridized carbons (Fsp3) is 0.278. The second-order valence-electron chi connectivity index (χ2n) is 5.99. The molecule has 0 aliphatic heterocycles. The maximum atomic E-state index is 10.8. The lowest BCUT2D eigenvalue weighted by atomic mass is 10.3. The molecule has 0 spiro atoms. The Morgan fingerprint density at radius 1 is 1.31 bits per heavy atom. The van der Waals surface area contributed by atoms with Gasteiger partial charge in [0, 0.05) is 12.6 Å². The van der Waals surface area contributed by atoms with E-state index in [-0.39, 0.29) is 12.3 Å². The van der Waals surface area contributed by atoms with Gasteiger partial charge in [-0.1, -0.05) is 18.2 Å². The summed E-state index contributed by atoms with van der Waals surface area (Å²) in [5.41, 5.74) is 0.945. The van der Waals surface area contributed by atoms with Gasteiger partial charge in [0.2, 0.25) is 0 Å². The van der Waals surface area contributed by atoms with Crippen molar-refractivity contribution in [1.29, 1.82) is 0 Å². The highest BCUT2D eigenvalue weighted by Crippen LogP contribution is 2.22. The van der Waals surface area contributed by atoms with Crippen molar-refractivity contribution in [2.75, 3.05) is 20.2 Å². The van der Waals surface area contributed by atoms with Crippen LogP contribution in [0.25, 0.3) is 10.2 Å². The minimum absolute atomic E-state index is 0.0371. The summed E-state index contributed by atoms with van der Waals surface area (Å²) in [4.78, 5) is 16.8. The minimum Gasteiger partial charge on any atom is -0.491 e. The van der Waals surface area contributed by atoms with E-state index in [2.05, 4.69) is 4.98 Å². The molecule has 0 aliphatic carbocycles. The first kappa shape index (κ1) is 18.2. The third-order valence-corrected chi connectivity index (χ3v) is 4.76. The van der Waals surface area contributed by atoms with Gasteiger partial charge in [-0.25, -0.2) is 4.98 Å². The third kappa shape index (κ3) is 4.75. The second-order valence-corrected chi connectivity index (χ2v) is 7.11. The summed E-state index contributed by atoms with van der Waals surface area (Å²) in [6, 6.07) is 13.9. The van der Waals surface area contributed by atoms with Gasteiger partial charge >= 0.3 is 0 Å². The molecule has 1 aromatic heterocycles. The SMILES string of the molecule is CN(Cc1nc2ccccc2s1)CC(O)COc1cccc([N+](=O)[O-])c1. The van der Waals surface area contributed by atoms with Gasteiger partial charge in [0.05, 0.1) is 27.8 Å². The molecule has 3 aromatic rings. The normalized spacial score (nSPS) is 12.4. The van der Waals surface area contributed by atoms with Gasteiger partial charge in [-0.05, 0) is 25.2 Å². The number of likely N-dealkylation sites (N-methyl/N-ethyl adjacent to an activating group) is 1. The highest BCUT2D eigenvalue weighted by molar-refractivity contribution is 7.18. The van der Waals surface area contributed by atoms with Crippen molar-refractivity contribution < 1.29 is 14.8 Å². The molecule has 0 radical (unpaired) electrons. The smallest absolute Gasteiger partial charge is 0.273 e. The molecule has 0 saturated heterocycles. The summed E-state index contributed by atoms with van der Waals surface area (Å²) >= 11 is 1.64. The summed E-state index contributed by atoms with van der Waals surface area (Å²) in [5, 5.41) is 21.9. The van der Waals surface area contributed by atoms with Crippen molar-refractivity contribution in [2.24, 2.45) is 0 Å². The van der Waals surface area contributed by atoms with E-state index in [0.717, 1.165) is 15.2 Å². The van der Waals surface area contributed by atoms with Crippen LogP contribution in [-0.2, 0) is 6.54 Å². The number of nitro groups is 1. The first-order chi connectivity index (χ1) is 12.5. The Labute approximate surface area is 154 Å². The summed E-state index contributed by atoms with van der Waals surface area (Å²) in [6.45, 7) is 1.10. The van der Waals surface area contributed by atoms with E-state index in [1.807, 2.05) is 36.2 Å². The van der Waals surface area contributed by atoms with Gasteiger partial charge in [-0.3, -0.25) is 15.0 Å². The summed E-state index contributed by atoms with van der Waals surface area (Å²) in [5.74, 6) is 0.368. The van der Waals surface area contributed by atoms with Crippen LogP contribution in [-0.4, -0.2) is 46.2 Å². The van der Waals surface area contributed by atoms with Crippen LogP contribution >= 0.6 is 11.3 Å². The highest BCUT2D eigenvalue weighted by atomic mass is 32.1. The Morgan fingerprint density at radius 3 is 2.88 bits per heavy atom. The third-order valence-electron chi connectivity index (χ3n) is 3.74. The topological polar surface area (TPSA) is 88.7 Å². The van der Waals surface area contributed by atoms with Gasteiger partial charge in [0.25, 0.3) is 5.69 Å². The lowest BCUT2D eigenvalue weighted by Gasteiger charge is -2.19.